The van der Waals surface area contributed by atoms with Crippen LogP contribution in [0.15, 0.2) is 21.5 Å². The third-order valence-electron chi connectivity index (χ3n) is 3.11. The highest BCUT2D eigenvalue weighted by Gasteiger charge is 2.30. The Bertz CT molecular complexity index is 735. The van der Waals surface area contributed by atoms with Gasteiger partial charge in [0.05, 0.1) is 12.0 Å². The number of carbonyl (C=O) groups is 2. The molecule has 0 aromatic heterocycles. The molecule has 0 aliphatic carbocycles. The maximum Gasteiger partial charge on any atom is 0.341 e. The van der Waals surface area contributed by atoms with Gasteiger partial charge in [-0.25, -0.2) is 4.79 Å². The second-order valence-corrected chi connectivity index (χ2v) is 7.16. The van der Waals surface area contributed by atoms with Crippen LogP contribution in [-0.2, 0) is 9.59 Å². The Kier molecular flexibility index (Phi) is 6.25. The van der Waals surface area contributed by atoms with Gasteiger partial charge in [0.1, 0.15) is 4.32 Å². The number of amides is 1. The summed E-state index contributed by atoms with van der Waals surface area (Å²) in [4.78, 5) is 25.0. The van der Waals surface area contributed by atoms with E-state index in [1.165, 1.54) is 23.8 Å². The summed E-state index contributed by atoms with van der Waals surface area (Å²) >= 11 is 9.82. The maximum absolute atomic E-state index is 12.3. The van der Waals surface area contributed by atoms with E-state index >= 15 is 0 Å². The lowest BCUT2D eigenvalue weighted by Crippen LogP contribution is -2.27. The SMILES string of the molecule is CCN1C(=O)/C(=C/c2cc(OC)c(OCC(=O)O)cc2Br)SC1=S. The average molecular weight is 432 g/mol. The molecule has 128 valence electrons. The average Bonchev–Trinajstić information content (AvgIpc) is 2.80. The first kappa shape index (κ1) is 18.8. The van der Waals surface area contributed by atoms with Crippen LogP contribution in [0.4, 0.5) is 0 Å². The molecule has 0 spiro atoms. The maximum atomic E-state index is 12.3. The molecule has 2 rings (SSSR count). The second-order valence-electron chi connectivity index (χ2n) is 4.63. The van der Waals surface area contributed by atoms with Gasteiger partial charge in [-0.3, -0.25) is 9.69 Å². The molecule has 1 saturated heterocycles. The summed E-state index contributed by atoms with van der Waals surface area (Å²) in [6.45, 7) is 1.91. The van der Waals surface area contributed by atoms with E-state index in [9.17, 15) is 9.59 Å². The molecule has 1 aliphatic rings. The first-order valence-electron chi connectivity index (χ1n) is 6.84. The molecular formula is C15H14BrNO5S2. The lowest BCUT2D eigenvalue weighted by Gasteiger charge is -2.12. The zero-order valence-electron chi connectivity index (χ0n) is 12.9. The Labute approximate surface area is 156 Å². The lowest BCUT2D eigenvalue weighted by atomic mass is 10.2. The zero-order valence-corrected chi connectivity index (χ0v) is 16.1. The van der Waals surface area contributed by atoms with Gasteiger partial charge < -0.3 is 14.6 Å². The summed E-state index contributed by atoms with van der Waals surface area (Å²) < 4.78 is 11.6. The Morgan fingerprint density at radius 1 is 1.46 bits per heavy atom. The highest BCUT2D eigenvalue weighted by atomic mass is 79.9. The van der Waals surface area contributed by atoms with Crippen LogP contribution in [0.25, 0.3) is 6.08 Å². The molecule has 1 aromatic carbocycles. The van der Waals surface area contributed by atoms with Crippen LogP contribution in [0.1, 0.15) is 12.5 Å². The number of carboxylic acids is 1. The van der Waals surface area contributed by atoms with Crippen molar-refractivity contribution in [1.82, 2.24) is 4.90 Å². The van der Waals surface area contributed by atoms with Crippen LogP contribution in [0, 0.1) is 0 Å². The molecule has 1 amide bonds. The van der Waals surface area contributed by atoms with Gasteiger partial charge in [-0.15, -0.1) is 0 Å². The van der Waals surface area contributed by atoms with Crippen molar-refractivity contribution >= 4 is 62.2 Å². The molecule has 9 heteroatoms. The van der Waals surface area contributed by atoms with Gasteiger partial charge in [0, 0.05) is 11.0 Å². The van der Waals surface area contributed by atoms with Crippen molar-refractivity contribution in [2.45, 2.75) is 6.92 Å². The number of ether oxygens (including phenoxy) is 2. The van der Waals surface area contributed by atoms with Crippen molar-refractivity contribution in [3.05, 3.63) is 27.1 Å². The molecular weight excluding hydrogens is 418 g/mol. The smallest absolute Gasteiger partial charge is 0.341 e. The van der Waals surface area contributed by atoms with E-state index in [4.69, 9.17) is 26.8 Å². The van der Waals surface area contributed by atoms with Crippen molar-refractivity contribution in [3.63, 3.8) is 0 Å². The van der Waals surface area contributed by atoms with Crippen LogP contribution >= 0.6 is 39.9 Å². The number of carbonyl (C=O) groups excluding carboxylic acids is 1. The largest absolute Gasteiger partial charge is 0.493 e. The minimum Gasteiger partial charge on any atom is -0.493 e. The molecule has 0 radical (unpaired) electrons. The number of aliphatic carboxylic acids is 1. The van der Waals surface area contributed by atoms with Crippen molar-refractivity contribution in [2.24, 2.45) is 0 Å². The molecule has 1 heterocycles. The fourth-order valence-electron chi connectivity index (χ4n) is 1.99. The number of hydrogen-bond donors (Lipinski definition) is 1. The second kappa shape index (κ2) is 8.00. The highest BCUT2D eigenvalue weighted by Crippen LogP contribution is 2.38. The summed E-state index contributed by atoms with van der Waals surface area (Å²) in [5.74, 6) is -0.549. The van der Waals surface area contributed by atoms with Crippen LogP contribution < -0.4 is 9.47 Å². The monoisotopic (exact) mass is 431 g/mol. The van der Waals surface area contributed by atoms with E-state index in [2.05, 4.69) is 15.9 Å². The fourth-order valence-corrected chi connectivity index (χ4v) is 3.80. The fraction of sp³-hybridized carbons (Fsp3) is 0.267. The Balaban J connectivity index is 2.35. The predicted molar refractivity (Wildman–Crippen MR) is 99.4 cm³/mol. The number of carboxylic acid groups (broad SMARTS) is 1. The minimum atomic E-state index is -1.08. The number of halogens is 1. The van der Waals surface area contributed by atoms with Crippen molar-refractivity contribution < 1.29 is 24.2 Å². The summed E-state index contributed by atoms with van der Waals surface area (Å²) in [6.07, 6.45) is 1.71. The molecule has 0 unspecified atom stereocenters. The molecule has 1 aromatic rings. The number of thiocarbonyl (C=S) groups is 1. The summed E-state index contributed by atoms with van der Waals surface area (Å²) in [7, 11) is 1.46. The zero-order chi connectivity index (χ0) is 17.9. The molecule has 6 nitrogen and oxygen atoms in total. The van der Waals surface area contributed by atoms with Crippen LogP contribution in [0.5, 0.6) is 11.5 Å². The van der Waals surface area contributed by atoms with Gasteiger partial charge in [-0.05, 0) is 30.7 Å². The molecule has 1 fully saturated rings. The summed E-state index contributed by atoms with van der Waals surface area (Å²) in [5.41, 5.74) is 0.700. The first-order chi connectivity index (χ1) is 11.4. The minimum absolute atomic E-state index is 0.135. The standard InChI is InChI=1S/C15H14BrNO5S2/c1-3-17-14(20)12(24-15(17)23)5-8-4-10(21-2)11(6-9(8)16)22-7-13(18)19/h4-6H,3,7H2,1-2H3,(H,18,19)/b12-5-. The van der Waals surface area contributed by atoms with E-state index < -0.39 is 12.6 Å². The van der Waals surface area contributed by atoms with Gasteiger partial charge in [0.25, 0.3) is 5.91 Å². The number of nitrogens with zero attached hydrogens (tertiary/aromatic N) is 1. The van der Waals surface area contributed by atoms with E-state index in [1.807, 2.05) is 6.92 Å². The molecule has 0 saturated carbocycles. The summed E-state index contributed by atoms with van der Waals surface area (Å²) in [5, 5.41) is 8.71. The van der Waals surface area contributed by atoms with Crippen LogP contribution in [0.2, 0.25) is 0 Å². The normalized spacial score (nSPS) is 16.0. The third-order valence-corrected chi connectivity index (χ3v) is 5.18. The molecule has 24 heavy (non-hydrogen) atoms. The molecule has 0 bridgehead atoms. The lowest BCUT2D eigenvalue weighted by molar-refractivity contribution is -0.139. The molecule has 1 aliphatic heterocycles. The van der Waals surface area contributed by atoms with Crippen molar-refractivity contribution in [2.75, 3.05) is 20.3 Å². The van der Waals surface area contributed by atoms with Crippen molar-refractivity contribution in [1.29, 1.82) is 0 Å². The Hall–Kier alpha value is -1.58. The van der Waals surface area contributed by atoms with Crippen molar-refractivity contribution in [3.8, 4) is 11.5 Å². The predicted octanol–water partition coefficient (Wildman–Crippen LogP) is 3.14. The Morgan fingerprint density at radius 2 is 2.17 bits per heavy atom. The molecule has 0 atom stereocenters. The van der Waals surface area contributed by atoms with Gasteiger partial charge in [0.2, 0.25) is 0 Å². The summed E-state index contributed by atoms with van der Waals surface area (Å²) in [6, 6.07) is 3.27. The number of hydrogen-bond acceptors (Lipinski definition) is 6. The number of rotatable bonds is 6. The van der Waals surface area contributed by atoms with Gasteiger partial charge >= 0.3 is 5.97 Å². The van der Waals surface area contributed by atoms with E-state index in [-0.39, 0.29) is 5.91 Å². The number of benzene rings is 1. The quantitative estimate of drug-likeness (QED) is 0.547. The Morgan fingerprint density at radius 3 is 2.71 bits per heavy atom. The molecule has 1 N–H and O–H groups in total. The van der Waals surface area contributed by atoms with Crippen LogP contribution in [0.3, 0.4) is 0 Å². The van der Waals surface area contributed by atoms with Crippen LogP contribution in [-0.4, -0.2) is 46.5 Å². The number of likely N-dealkylation sites (N-methyl/N-ethyl adjacent to an activating group) is 1. The van der Waals surface area contributed by atoms with E-state index in [1.54, 1.807) is 18.2 Å². The number of thioether (sulfide) groups is 1. The third kappa shape index (κ3) is 4.08. The van der Waals surface area contributed by atoms with Gasteiger partial charge in [0.15, 0.2) is 18.1 Å². The number of methoxy groups -OCH3 is 1. The topological polar surface area (TPSA) is 76.1 Å². The van der Waals surface area contributed by atoms with Gasteiger partial charge in [-0.1, -0.05) is 39.9 Å². The van der Waals surface area contributed by atoms with E-state index in [0.717, 1.165) is 0 Å². The van der Waals surface area contributed by atoms with Gasteiger partial charge in [-0.2, -0.15) is 0 Å². The first-order valence-corrected chi connectivity index (χ1v) is 8.86. The van der Waals surface area contributed by atoms with E-state index in [0.29, 0.717) is 37.3 Å². The highest BCUT2D eigenvalue weighted by molar-refractivity contribution is 9.10.